The number of hydrogen-bond donors (Lipinski definition) is 2. The van der Waals surface area contributed by atoms with Crippen LogP contribution in [0, 0.1) is 0 Å². The summed E-state index contributed by atoms with van der Waals surface area (Å²) < 4.78 is 0. The van der Waals surface area contributed by atoms with Gasteiger partial charge in [-0.15, -0.1) is 0 Å². The molecule has 1 rings (SSSR count). The predicted octanol–water partition coefficient (Wildman–Crippen LogP) is -1.73. The third kappa shape index (κ3) is 0.713. The number of aliphatic hydroxyl groups excluding tert-OH is 1. The minimum absolute atomic E-state index is 0.0405. The minimum atomic E-state index is -0.633. The molecule has 7 heavy (non-hydrogen) atoms. The Bertz CT molecular complexity index is 81.8. The van der Waals surface area contributed by atoms with Gasteiger partial charge in [0.2, 0.25) is 0 Å². The van der Waals surface area contributed by atoms with Crippen LogP contribution in [0.4, 0.5) is 0 Å². The van der Waals surface area contributed by atoms with Crippen LogP contribution >= 0.6 is 0 Å². The van der Waals surface area contributed by atoms with Crippen LogP contribution in [0.2, 0.25) is 5.54 Å². The molecule has 2 nitrogen and oxygen atoms in total. The molecule has 0 radical (unpaired) electrons. The van der Waals surface area contributed by atoms with Crippen molar-refractivity contribution in [1.82, 2.24) is 0 Å². The van der Waals surface area contributed by atoms with Gasteiger partial charge >= 0.3 is 0 Å². The van der Waals surface area contributed by atoms with Crippen LogP contribution in [0.15, 0.2) is 0 Å². The summed E-state index contributed by atoms with van der Waals surface area (Å²) in [4.78, 5) is 0. The van der Waals surface area contributed by atoms with Gasteiger partial charge < -0.3 is 10.2 Å². The van der Waals surface area contributed by atoms with Gasteiger partial charge in [-0.3, -0.25) is 0 Å². The highest BCUT2D eigenvalue weighted by Crippen LogP contribution is 2.45. The number of aliphatic hydroxyl groups is 2. The van der Waals surface area contributed by atoms with Crippen molar-refractivity contribution in [2.45, 2.75) is 17.6 Å². The molecule has 1 aliphatic carbocycles. The second-order valence-electron chi connectivity index (χ2n) is 2.37. The van der Waals surface area contributed by atoms with Crippen LogP contribution < -0.4 is 0 Å². The molecule has 0 bridgehead atoms. The van der Waals surface area contributed by atoms with Gasteiger partial charge in [0.25, 0.3) is 0 Å². The molecule has 0 amide bonds. The second kappa shape index (κ2) is 1.31. The second-order valence-corrected chi connectivity index (χ2v) is 3.76. The van der Waals surface area contributed by atoms with Gasteiger partial charge in [0.1, 0.15) is 0 Å². The molecular formula is C4H10O2Si. The van der Waals surface area contributed by atoms with Crippen LogP contribution in [0.3, 0.4) is 0 Å². The molecule has 0 aromatic rings. The fourth-order valence-corrected chi connectivity index (χ4v) is 1.58. The van der Waals surface area contributed by atoms with Crippen molar-refractivity contribution in [2.24, 2.45) is 0 Å². The Balaban J connectivity index is 2.36. The van der Waals surface area contributed by atoms with Gasteiger partial charge in [-0.25, -0.2) is 0 Å². The Morgan fingerprint density at radius 3 is 2.29 bits per heavy atom. The van der Waals surface area contributed by atoms with E-state index in [1.807, 2.05) is 0 Å². The summed E-state index contributed by atoms with van der Waals surface area (Å²) in [6, 6.07) is 0. The first-order valence-electron chi connectivity index (χ1n) is 2.52. The Morgan fingerprint density at radius 2 is 2.29 bits per heavy atom. The molecule has 2 atom stereocenters. The van der Waals surface area contributed by atoms with E-state index in [1.165, 1.54) is 0 Å². The van der Waals surface area contributed by atoms with E-state index in [0.717, 1.165) is 16.7 Å². The SMILES string of the molecule is OCC1(O)CC1[SiH3]. The topological polar surface area (TPSA) is 40.5 Å². The first-order chi connectivity index (χ1) is 3.19. The normalized spacial score (nSPS) is 49.7. The standard InChI is InChI=1S/C4H10O2Si/c5-2-4(6)1-3(4)7/h3,5-6H,1-2H2,7H3. The molecule has 1 aliphatic rings. The Kier molecular flexibility index (Phi) is 0.984. The Morgan fingerprint density at radius 1 is 1.86 bits per heavy atom. The molecule has 2 unspecified atom stereocenters. The van der Waals surface area contributed by atoms with Gasteiger partial charge in [-0.2, -0.15) is 0 Å². The summed E-state index contributed by atoms with van der Waals surface area (Å²) in [6.45, 7) is -0.0405. The van der Waals surface area contributed by atoms with Crippen LogP contribution in [0.5, 0.6) is 0 Å². The first-order valence-corrected chi connectivity index (χ1v) is 3.68. The molecule has 0 spiro atoms. The monoisotopic (exact) mass is 118 g/mol. The Hall–Kier alpha value is 0.137. The van der Waals surface area contributed by atoms with Crippen molar-refractivity contribution in [2.75, 3.05) is 6.61 Å². The number of hydrogen-bond acceptors (Lipinski definition) is 2. The van der Waals surface area contributed by atoms with Crippen molar-refractivity contribution >= 4 is 10.2 Å². The maximum atomic E-state index is 8.99. The van der Waals surface area contributed by atoms with E-state index in [-0.39, 0.29) is 6.61 Å². The summed E-state index contributed by atoms with van der Waals surface area (Å²) in [5.41, 5.74) is -0.177. The molecule has 2 N–H and O–H groups in total. The molecular weight excluding hydrogens is 108 g/mol. The maximum absolute atomic E-state index is 8.99. The summed E-state index contributed by atoms with van der Waals surface area (Å²) in [5.74, 6) is 0. The first kappa shape index (κ1) is 5.28. The fourth-order valence-electron chi connectivity index (χ4n) is 0.692. The van der Waals surface area contributed by atoms with E-state index in [0.29, 0.717) is 5.54 Å². The van der Waals surface area contributed by atoms with Gasteiger partial charge in [0, 0.05) is 10.2 Å². The highest BCUT2D eigenvalue weighted by atomic mass is 28.1. The van der Waals surface area contributed by atoms with Crippen molar-refractivity contribution in [3.63, 3.8) is 0 Å². The lowest BCUT2D eigenvalue weighted by molar-refractivity contribution is 0.0741. The third-order valence-corrected chi connectivity index (χ3v) is 3.17. The van der Waals surface area contributed by atoms with Gasteiger partial charge in [0.15, 0.2) is 0 Å². The van der Waals surface area contributed by atoms with Crippen molar-refractivity contribution in [1.29, 1.82) is 0 Å². The molecule has 1 saturated carbocycles. The van der Waals surface area contributed by atoms with Gasteiger partial charge in [-0.05, 0) is 12.0 Å². The molecule has 1 fully saturated rings. The fraction of sp³-hybridized carbons (Fsp3) is 1.00. The van der Waals surface area contributed by atoms with Crippen molar-refractivity contribution < 1.29 is 10.2 Å². The zero-order chi connectivity index (χ0) is 5.49. The summed E-state index contributed by atoms with van der Waals surface area (Å²) in [6.07, 6.45) is 0.829. The molecule has 3 heteroatoms. The highest BCUT2D eigenvalue weighted by Gasteiger charge is 2.48. The van der Waals surface area contributed by atoms with Crippen LogP contribution in [0.25, 0.3) is 0 Å². The zero-order valence-electron chi connectivity index (χ0n) is 4.39. The summed E-state index contributed by atoms with van der Waals surface area (Å²) in [5, 5.41) is 17.4. The smallest absolute Gasteiger partial charge is 0.0875 e. The van der Waals surface area contributed by atoms with E-state index >= 15 is 0 Å². The van der Waals surface area contributed by atoms with Crippen LogP contribution in [-0.2, 0) is 0 Å². The van der Waals surface area contributed by atoms with E-state index in [1.54, 1.807) is 0 Å². The van der Waals surface area contributed by atoms with Gasteiger partial charge in [0.05, 0.1) is 12.2 Å². The van der Waals surface area contributed by atoms with E-state index < -0.39 is 5.60 Å². The Labute approximate surface area is 45.6 Å². The van der Waals surface area contributed by atoms with Crippen molar-refractivity contribution in [3.8, 4) is 0 Å². The van der Waals surface area contributed by atoms with E-state index in [4.69, 9.17) is 10.2 Å². The molecule has 0 aromatic carbocycles. The highest BCUT2D eigenvalue weighted by molar-refractivity contribution is 6.15. The lowest BCUT2D eigenvalue weighted by Gasteiger charge is -1.99. The largest absolute Gasteiger partial charge is 0.393 e. The van der Waals surface area contributed by atoms with Crippen molar-refractivity contribution in [3.05, 3.63) is 0 Å². The van der Waals surface area contributed by atoms with E-state index in [2.05, 4.69) is 0 Å². The average molecular weight is 118 g/mol. The molecule has 0 aliphatic heterocycles. The summed E-state index contributed by atoms with van der Waals surface area (Å²) in [7, 11) is 1.02. The molecule has 0 saturated heterocycles. The minimum Gasteiger partial charge on any atom is -0.393 e. The predicted molar refractivity (Wildman–Crippen MR) is 30.3 cm³/mol. The maximum Gasteiger partial charge on any atom is 0.0875 e. The van der Waals surface area contributed by atoms with Crippen LogP contribution in [-0.4, -0.2) is 32.7 Å². The lowest BCUT2D eigenvalue weighted by atomic mass is 10.4. The van der Waals surface area contributed by atoms with E-state index in [9.17, 15) is 0 Å². The lowest BCUT2D eigenvalue weighted by Crippen LogP contribution is -2.14. The molecule has 0 heterocycles. The molecule has 42 valence electrons. The molecule has 0 aromatic heterocycles. The van der Waals surface area contributed by atoms with Gasteiger partial charge in [-0.1, -0.05) is 0 Å². The quantitative estimate of drug-likeness (QED) is 0.402. The summed E-state index contributed by atoms with van der Waals surface area (Å²) >= 11 is 0. The van der Waals surface area contributed by atoms with Crippen LogP contribution in [0.1, 0.15) is 6.42 Å². The third-order valence-electron chi connectivity index (χ3n) is 1.69. The number of rotatable bonds is 1. The average Bonchev–Trinajstić information content (AvgIpc) is 2.18. The zero-order valence-corrected chi connectivity index (χ0v) is 6.39.